The van der Waals surface area contributed by atoms with Crippen molar-refractivity contribution in [2.24, 2.45) is 11.7 Å². The van der Waals surface area contributed by atoms with Gasteiger partial charge in [0.15, 0.2) is 0 Å². The van der Waals surface area contributed by atoms with Crippen molar-refractivity contribution in [1.29, 1.82) is 0 Å². The van der Waals surface area contributed by atoms with Crippen LogP contribution in [0.5, 0.6) is 5.75 Å². The second-order valence-corrected chi connectivity index (χ2v) is 5.49. The molecule has 88 valence electrons. The third-order valence-corrected chi connectivity index (χ3v) is 4.15. The minimum atomic E-state index is 0.109. The highest BCUT2D eigenvalue weighted by Gasteiger charge is 2.22. The number of hydrogen-bond donors (Lipinski definition) is 2. The molecule has 1 fully saturated rings. The Morgan fingerprint density at radius 3 is 2.56 bits per heavy atom. The van der Waals surface area contributed by atoms with Crippen LogP contribution < -0.4 is 5.73 Å². The van der Waals surface area contributed by atoms with Crippen LogP contribution in [-0.4, -0.2) is 5.11 Å². The van der Waals surface area contributed by atoms with Crippen LogP contribution in [0.3, 0.4) is 0 Å². The van der Waals surface area contributed by atoms with E-state index in [1.54, 1.807) is 6.07 Å². The quantitative estimate of drug-likeness (QED) is 0.869. The van der Waals surface area contributed by atoms with Crippen molar-refractivity contribution in [3.05, 3.63) is 28.2 Å². The smallest absolute Gasteiger partial charge is 0.129 e. The summed E-state index contributed by atoms with van der Waals surface area (Å²) in [4.78, 5) is 0. The van der Waals surface area contributed by atoms with Crippen molar-refractivity contribution in [3.63, 3.8) is 0 Å². The Kier molecular flexibility index (Phi) is 3.87. The van der Waals surface area contributed by atoms with E-state index in [0.29, 0.717) is 5.92 Å². The summed E-state index contributed by atoms with van der Waals surface area (Å²) >= 11 is 3.33. The van der Waals surface area contributed by atoms with E-state index < -0.39 is 0 Å². The maximum atomic E-state index is 9.45. The third-order valence-electron chi connectivity index (χ3n) is 3.51. The van der Waals surface area contributed by atoms with Crippen molar-refractivity contribution in [2.45, 2.75) is 38.1 Å². The second-order valence-electron chi connectivity index (χ2n) is 4.63. The van der Waals surface area contributed by atoms with E-state index in [-0.39, 0.29) is 11.8 Å². The number of hydrogen-bond acceptors (Lipinski definition) is 2. The molecule has 1 aliphatic carbocycles. The fourth-order valence-electron chi connectivity index (χ4n) is 2.50. The summed E-state index contributed by atoms with van der Waals surface area (Å²) in [6.07, 6.45) is 6.43. The summed E-state index contributed by atoms with van der Waals surface area (Å²) in [7, 11) is 0. The van der Waals surface area contributed by atoms with Crippen LogP contribution in [0.2, 0.25) is 0 Å². The molecule has 1 aromatic carbocycles. The molecule has 0 saturated heterocycles. The van der Waals surface area contributed by atoms with Gasteiger partial charge in [-0.2, -0.15) is 0 Å². The predicted molar refractivity (Wildman–Crippen MR) is 69.3 cm³/mol. The standard InChI is InChI=1S/C13H18BrNO/c14-11-8-10(6-7-12(11)16)13(15)9-4-2-1-3-5-9/h6-9,13,16H,1-5,15H2/t13-/m1/s1. The highest BCUT2D eigenvalue weighted by molar-refractivity contribution is 9.10. The Morgan fingerprint density at radius 1 is 1.25 bits per heavy atom. The van der Waals surface area contributed by atoms with E-state index in [1.165, 1.54) is 32.1 Å². The summed E-state index contributed by atoms with van der Waals surface area (Å²) in [5, 5.41) is 9.45. The molecule has 0 aliphatic heterocycles. The van der Waals surface area contributed by atoms with E-state index in [4.69, 9.17) is 5.73 Å². The minimum Gasteiger partial charge on any atom is -0.507 e. The number of phenolic OH excluding ortho intramolecular Hbond substituents is 1. The molecule has 0 spiro atoms. The Morgan fingerprint density at radius 2 is 1.94 bits per heavy atom. The van der Waals surface area contributed by atoms with Gasteiger partial charge < -0.3 is 10.8 Å². The molecule has 2 rings (SSSR count). The van der Waals surface area contributed by atoms with Gasteiger partial charge >= 0.3 is 0 Å². The van der Waals surface area contributed by atoms with Gasteiger partial charge in [-0.25, -0.2) is 0 Å². The van der Waals surface area contributed by atoms with Crippen molar-refractivity contribution in [3.8, 4) is 5.75 Å². The monoisotopic (exact) mass is 283 g/mol. The lowest BCUT2D eigenvalue weighted by molar-refractivity contribution is 0.308. The summed E-state index contributed by atoms with van der Waals surface area (Å²) in [5.41, 5.74) is 7.41. The molecule has 0 aromatic heterocycles. The van der Waals surface area contributed by atoms with Crippen LogP contribution in [0.15, 0.2) is 22.7 Å². The Hall–Kier alpha value is -0.540. The maximum Gasteiger partial charge on any atom is 0.129 e. The van der Waals surface area contributed by atoms with E-state index in [0.717, 1.165) is 10.0 Å². The van der Waals surface area contributed by atoms with E-state index >= 15 is 0 Å². The first kappa shape index (κ1) is 11.9. The predicted octanol–water partition coefficient (Wildman–Crippen LogP) is 3.73. The zero-order valence-electron chi connectivity index (χ0n) is 9.32. The largest absolute Gasteiger partial charge is 0.507 e. The molecule has 0 amide bonds. The summed E-state index contributed by atoms with van der Waals surface area (Å²) < 4.78 is 0.733. The lowest BCUT2D eigenvalue weighted by Gasteiger charge is -2.27. The average Bonchev–Trinajstić information content (AvgIpc) is 2.33. The third kappa shape index (κ3) is 2.58. The Balaban J connectivity index is 2.12. The van der Waals surface area contributed by atoms with Crippen molar-refractivity contribution in [1.82, 2.24) is 0 Å². The van der Waals surface area contributed by atoms with Crippen LogP contribution >= 0.6 is 15.9 Å². The molecule has 3 N–H and O–H groups in total. The Labute approximate surface area is 105 Å². The first-order chi connectivity index (χ1) is 7.68. The topological polar surface area (TPSA) is 46.2 Å². The molecule has 0 radical (unpaired) electrons. The molecule has 2 nitrogen and oxygen atoms in total. The SMILES string of the molecule is N[C@@H](c1ccc(O)c(Br)c1)C1CCCCC1. The Bertz CT molecular complexity index is 361. The summed E-state index contributed by atoms with van der Waals surface area (Å²) in [5.74, 6) is 0.879. The minimum absolute atomic E-state index is 0.109. The van der Waals surface area contributed by atoms with E-state index in [1.807, 2.05) is 12.1 Å². The van der Waals surface area contributed by atoms with Crippen LogP contribution in [0.1, 0.15) is 43.7 Å². The lowest BCUT2D eigenvalue weighted by atomic mass is 9.81. The number of phenols is 1. The number of rotatable bonds is 2. The average molecular weight is 284 g/mol. The van der Waals surface area contributed by atoms with Crippen molar-refractivity contribution in [2.75, 3.05) is 0 Å². The number of benzene rings is 1. The van der Waals surface area contributed by atoms with Crippen molar-refractivity contribution >= 4 is 15.9 Å². The second kappa shape index (κ2) is 5.19. The van der Waals surface area contributed by atoms with Crippen LogP contribution in [0.4, 0.5) is 0 Å². The fraction of sp³-hybridized carbons (Fsp3) is 0.538. The van der Waals surface area contributed by atoms with Gasteiger partial charge in [0.05, 0.1) is 4.47 Å². The molecule has 0 unspecified atom stereocenters. The maximum absolute atomic E-state index is 9.45. The molecule has 1 aromatic rings. The van der Waals surface area contributed by atoms with Gasteiger partial charge in [-0.1, -0.05) is 25.3 Å². The van der Waals surface area contributed by atoms with E-state index in [2.05, 4.69) is 15.9 Å². The van der Waals surface area contributed by atoms with Gasteiger partial charge in [0.1, 0.15) is 5.75 Å². The van der Waals surface area contributed by atoms with Crippen LogP contribution in [0, 0.1) is 5.92 Å². The first-order valence-corrected chi connectivity index (χ1v) is 6.72. The zero-order valence-corrected chi connectivity index (χ0v) is 10.9. The van der Waals surface area contributed by atoms with Crippen LogP contribution in [0.25, 0.3) is 0 Å². The van der Waals surface area contributed by atoms with Crippen LogP contribution in [-0.2, 0) is 0 Å². The fourth-order valence-corrected chi connectivity index (χ4v) is 2.89. The highest BCUT2D eigenvalue weighted by atomic mass is 79.9. The van der Waals surface area contributed by atoms with Gasteiger partial charge in [-0.15, -0.1) is 0 Å². The molecule has 3 heteroatoms. The summed E-state index contributed by atoms with van der Waals surface area (Å²) in [6.45, 7) is 0. The van der Waals surface area contributed by atoms with E-state index in [9.17, 15) is 5.11 Å². The van der Waals surface area contributed by atoms with Crippen molar-refractivity contribution < 1.29 is 5.11 Å². The van der Waals surface area contributed by atoms with Gasteiger partial charge in [-0.05, 0) is 52.4 Å². The molecule has 0 bridgehead atoms. The summed E-state index contributed by atoms with van der Waals surface area (Å²) in [6, 6.07) is 5.69. The van der Waals surface area contributed by atoms with Gasteiger partial charge in [-0.3, -0.25) is 0 Å². The molecule has 1 aliphatic rings. The molecule has 1 atom stereocenters. The zero-order chi connectivity index (χ0) is 11.5. The molecular formula is C13H18BrNO. The normalized spacial score (nSPS) is 19.6. The highest BCUT2D eigenvalue weighted by Crippen LogP contribution is 2.35. The number of nitrogens with two attached hydrogens (primary N) is 1. The molecule has 0 heterocycles. The number of halogens is 1. The van der Waals surface area contributed by atoms with Gasteiger partial charge in [0.25, 0.3) is 0 Å². The number of aromatic hydroxyl groups is 1. The molecular weight excluding hydrogens is 266 g/mol. The lowest BCUT2D eigenvalue weighted by Crippen LogP contribution is -2.23. The van der Waals surface area contributed by atoms with Gasteiger partial charge in [0, 0.05) is 6.04 Å². The first-order valence-electron chi connectivity index (χ1n) is 5.92. The van der Waals surface area contributed by atoms with Gasteiger partial charge in [0.2, 0.25) is 0 Å². The molecule has 1 saturated carbocycles. The molecule has 16 heavy (non-hydrogen) atoms.